The molecule has 1 nitrogen and oxygen atoms in total. The summed E-state index contributed by atoms with van der Waals surface area (Å²) in [6.45, 7) is 0. The second-order valence-corrected chi connectivity index (χ2v) is 3.69. The van der Waals surface area contributed by atoms with Crippen molar-refractivity contribution in [3.8, 4) is 0 Å². The van der Waals surface area contributed by atoms with Gasteiger partial charge in [0.15, 0.2) is 0 Å². The predicted octanol–water partition coefficient (Wildman–Crippen LogP) is 1.79. The van der Waals surface area contributed by atoms with Crippen LogP contribution in [0.1, 0.15) is 32.1 Å². The number of halogens is 2. The highest BCUT2D eigenvalue weighted by atomic mass is 35.5. The van der Waals surface area contributed by atoms with E-state index in [4.69, 9.17) is 5.73 Å². The first-order valence-electron chi connectivity index (χ1n) is 3.60. The molecule has 0 heterocycles. The van der Waals surface area contributed by atoms with Gasteiger partial charge in [-0.1, -0.05) is 0 Å². The molecule has 3 heteroatoms. The molecule has 0 unspecified atom stereocenters. The van der Waals surface area contributed by atoms with Crippen LogP contribution in [0.5, 0.6) is 0 Å². The summed E-state index contributed by atoms with van der Waals surface area (Å²) in [5, 5.41) is 0. The molecule has 0 atom stereocenters. The Hall–Kier alpha value is 0.180. The molecular weight excluding hydrogens is 153 g/mol. The van der Waals surface area contributed by atoms with Gasteiger partial charge in [-0.2, -0.15) is 0 Å². The van der Waals surface area contributed by atoms with Gasteiger partial charge in [0.05, 0.1) is 0 Å². The summed E-state index contributed by atoms with van der Waals surface area (Å²) in [7, 11) is 0. The third kappa shape index (κ3) is 1.04. The van der Waals surface area contributed by atoms with Crippen LogP contribution < -0.4 is 5.73 Å². The lowest BCUT2D eigenvalue weighted by Gasteiger charge is -2.19. The lowest BCUT2D eigenvalue weighted by Crippen LogP contribution is -2.33. The number of fused-ring (bicyclic) bond motifs is 2. The van der Waals surface area contributed by atoms with Crippen molar-refractivity contribution in [1.82, 2.24) is 0 Å². The van der Waals surface area contributed by atoms with Crippen molar-refractivity contribution in [2.24, 2.45) is 5.73 Å². The monoisotopic (exact) mass is 165 g/mol. The van der Waals surface area contributed by atoms with Gasteiger partial charge in [-0.05, 0) is 32.1 Å². The van der Waals surface area contributed by atoms with Crippen molar-refractivity contribution < 1.29 is 4.39 Å². The summed E-state index contributed by atoms with van der Waals surface area (Å²) in [6, 6.07) is 0. The van der Waals surface area contributed by atoms with Crippen LogP contribution in [0.25, 0.3) is 0 Å². The van der Waals surface area contributed by atoms with Crippen LogP contribution in [0.3, 0.4) is 0 Å². The maximum atomic E-state index is 13.2. The zero-order chi connectivity index (χ0) is 6.54. The maximum absolute atomic E-state index is 13.2. The Morgan fingerprint density at radius 2 is 1.60 bits per heavy atom. The molecule has 10 heavy (non-hydrogen) atoms. The molecule has 2 saturated carbocycles. The molecular formula is C7H13ClFN. The van der Waals surface area contributed by atoms with Gasteiger partial charge < -0.3 is 5.73 Å². The molecule has 0 aromatic heterocycles. The molecule has 0 aromatic carbocycles. The Morgan fingerprint density at radius 3 is 1.70 bits per heavy atom. The molecule has 0 aromatic rings. The first kappa shape index (κ1) is 8.28. The van der Waals surface area contributed by atoms with E-state index < -0.39 is 5.67 Å². The maximum Gasteiger partial charge on any atom is 0.113 e. The fourth-order valence-corrected chi connectivity index (χ4v) is 2.18. The molecule has 2 aliphatic rings. The smallest absolute Gasteiger partial charge is 0.113 e. The van der Waals surface area contributed by atoms with Crippen molar-refractivity contribution >= 4 is 12.4 Å². The topological polar surface area (TPSA) is 26.0 Å². The van der Waals surface area contributed by atoms with Gasteiger partial charge >= 0.3 is 0 Å². The summed E-state index contributed by atoms with van der Waals surface area (Å²) in [4.78, 5) is 0. The number of hydrogen-bond acceptors (Lipinski definition) is 1. The third-order valence-corrected chi connectivity index (χ3v) is 2.81. The van der Waals surface area contributed by atoms with E-state index in [-0.39, 0.29) is 17.9 Å². The molecule has 0 spiro atoms. The Morgan fingerprint density at radius 1 is 1.10 bits per heavy atom. The van der Waals surface area contributed by atoms with E-state index in [1.165, 1.54) is 0 Å². The number of nitrogens with two attached hydrogens (primary N) is 1. The molecule has 2 aliphatic carbocycles. The normalized spacial score (nSPS) is 51.0. The molecule has 0 amide bonds. The fourth-order valence-electron chi connectivity index (χ4n) is 2.18. The van der Waals surface area contributed by atoms with Gasteiger partial charge in [0.25, 0.3) is 0 Å². The average Bonchev–Trinajstić information content (AvgIpc) is 2.19. The zero-order valence-corrected chi connectivity index (χ0v) is 6.72. The predicted molar refractivity (Wildman–Crippen MR) is 41.1 cm³/mol. The number of hydrogen-bond donors (Lipinski definition) is 1. The van der Waals surface area contributed by atoms with E-state index in [9.17, 15) is 4.39 Å². The van der Waals surface area contributed by atoms with Gasteiger partial charge in [0.1, 0.15) is 5.67 Å². The molecule has 0 radical (unpaired) electrons. The van der Waals surface area contributed by atoms with Gasteiger partial charge in [0.2, 0.25) is 0 Å². The second-order valence-electron chi connectivity index (χ2n) is 3.69. The van der Waals surface area contributed by atoms with E-state index >= 15 is 0 Å². The largest absolute Gasteiger partial charge is 0.325 e. The standard InChI is InChI=1S/C7H12FN.ClH/c8-6-1-3-7(9,5-6)4-2-6;/h1-5,9H2;1H. The van der Waals surface area contributed by atoms with E-state index in [0.29, 0.717) is 19.3 Å². The third-order valence-electron chi connectivity index (χ3n) is 2.81. The first-order valence-corrected chi connectivity index (χ1v) is 3.60. The van der Waals surface area contributed by atoms with Crippen LogP contribution >= 0.6 is 12.4 Å². The summed E-state index contributed by atoms with van der Waals surface area (Å²) in [5.74, 6) is 0. The molecule has 60 valence electrons. The SMILES string of the molecule is Cl.NC12CCC(F)(CC1)C2. The summed E-state index contributed by atoms with van der Waals surface area (Å²) >= 11 is 0. The van der Waals surface area contributed by atoms with Crippen molar-refractivity contribution in [2.75, 3.05) is 0 Å². The van der Waals surface area contributed by atoms with E-state index in [1.807, 2.05) is 0 Å². The lowest BCUT2D eigenvalue weighted by molar-refractivity contribution is 0.176. The Labute approximate surface area is 66.6 Å². The van der Waals surface area contributed by atoms with Gasteiger partial charge in [-0.3, -0.25) is 0 Å². The Balaban J connectivity index is 0.000000500. The molecule has 2 bridgehead atoms. The highest BCUT2D eigenvalue weighted by molar-refractivity contribution is 5.85. The minimum atomic E-state index is -0.852. The van der Waals surface area contributed by atoms with Crippen LogP contribution in [0, 0.1) is 0 Å². The van der Waals surface area contributed by atoms with Crippen LogP contribution in [0.2, 0.25) is 0 Å². The minimum Gasteiger partial charge on any atom is -0.325 e. The highest BCUT2D eigenvalue weighted by Gasteiger charge is 2.52. The van der Waals surface area contributed by atoms with E-state index in [0.717, 1.165) is 12.8 Å². The molecule has 0 aliphatic heterocycles. The van der Waals surface area contributed by atoms with E-state index in [1.54, 1.807) is 0 Å². The first-order chi connectivity index (χ1) is 4.12. The van der Waals surface area contributed by atoms with Crippen LogP contribution in [0.4, 0.5) is 4.39 Å². The van der Waals surface area contributed by atoms with Crippen LogP contribution in [0.15, 0.2) is 0 Å². The van der Waals surface area contributed by atoms with Gasteiger partial charge in [-0.25, -0.2) is 4.39 Å². The quantitative estimate of drug-likeness (QED) is 0.582. The van der Waals surface area contributed by atoms with Crippen molar-refractivity contribution in [3.05, 3.63) is 0 Å². The molecule has 2 rings (SSSR count). The fraction of sp³-hybridized carbons (Fsp3) is 1.00. The lowest BCUT2D eigenvalue weighted by atomic mass is 9.94. The second kappa shape index (κ2) is 2.08. The number of rotatable bonds is 0. The Kier molecular flexibility index (Phi) is 1.72. The number of alkyl halides is 1. The van der Waals surface area contributed by atoms with Crippen molar-refractivity contribution in [1.29, 1.82) is 0 Å². The van der Waals surface area contributed by atoms with Crippen molar-refractivity contribution in [2.45, 2.75) is 43.3 Å². The van der Waals surface area contributed by atoms with Crippen LogP contribution in [-0.2, 0) is 0 Å². The zero-order valence-electron chi connectivity index (χ0n) is 5.90. The van der Waals surface area contributed by atoms with Gasteiger partial charge in [-0.15, -0.1) is 12.4 Å². The molecule has 0 saturated heterocycles. The van der Waals surface area contributed by atoms with Crippen molar-refractivity contribution in [3.63, 3.8) is 0 Å². The summed E-state index contributed by atoms with van der Waals surface area (Å²) in [5.41, 5.74) is 4.89. The molecule has 2 N–H and O–H groups in total. The highest BCUT2D eigenvalue weighted by Crippen LogP contribution is 2.51. The van der Waals surface area contributed by atoms with Gasteiger partial charge in [0, 0.05) is 5.54 Å². The average molecular weight is 166 g/mol. The summed E-state index contributed by atoms with van der Waals surface area (Å²) in [6.07, 6.45) is 3.86. The summed E-state index contributed by atoms with van der Waals surface area (Å²) < 4.78 is 13.2. The minimum absolute atomic E-state index is 0. The Bertz CT molecular complexity index is 125. The van der Waals surface area contributed by atoms with E-state index in [2.05, 4.69) is 0 Å². The molecule has 2 fully saturated rings. The van der Waals surface area contributed by atoms with Crippen LogP contribution in [-0.4, -0.2) is 11.2 Å².